The molecule has 94 valence electrons. The Balaban J connectivity index is 2.24. The van der Waals surface area contributed by atoms with Gasteiger partial charge in [-0.05, 0) is 6.92 Å². The number of urea groups is 1. The Kier molecular flexibility index (Phi) is 4.50. The number of aromatic nitrogens is 1. The summed E-state index contributed by atoms with van der Waals surface area (Å²) >= 11 is 0. The van der Waals surface area contributed by atoms with Crippen LogP contribution in [0.4, 0.5) is 4.79 Å². The van der Waals surface area contributed by atoms with Gasteiger partial charge < -0.3 is 20.3 Å². The fourth-order valence-electron chi connectivity index (χ4n) is 1.07. The average molecular weight is 241 g/mol. The number of carbonyl (C=O) groups is 2. The molecule has 1 heterocycles. The highest BCUT2D eigenvalue weighted by Gasteiger charge is 2.12. The molecule has 1 rings (SSSR count). The predicted octanol–water partition coefficient (Wildman–Crippen LogP) is 0.503. The van der Waals surface area contributed by atoms with E-state index in [2.05, 4.69) is 15.8 Å². The third-order valence-electron chi connectivity index (χ3n) is 2.10. The molecule has 1 aromatic heterocycles. The van der Waals surface area contributed by atoms with Gasteiger partial charge in [-0.3, -0.25) is 4.79 Å². The van der Waals surface area contributed by atoms with Crippen molar-refractivity contribution in [2.45, 2.75) is 20.4 Å². The van der Waals surface area contributed by atoms with Crippen LogP contribution < -0.4 is 10.6 Å². The van der Waals surface area contributed by atoms with Crippen LogP contribution in [0.15, 0.2) is 10.6 Å². The van der Waals surface area contributed by atoms with Crippen molar-refractivity contribution in [2.75, 3.05) is 6.54 Å². The van der Waals surface area contributed by atoms with E-state index >= 15 is 0 Å². The number of hydrogen-bond acceptors (Lipinski definition) is 4. The second kappa shape index (κ2) is 5.88. The van der Waals surface area contributed by atoms with Gasteiger partial charge in [0.05, 0.1) is 12.5 Å². The molecule has 0 fully saturated rings. The van der Waals surface area contributed by atoms with Gasteiger partial charge in [0.15, 0.2) is 0 Å². The van der Waals surface area contributed by atoms with Crippen LogP contribution >= 0.6 is 0 Å². The van der Waals surface area contributed by atoms with Crippen LogP contribution in [0.5, 0.6) is 0 Å². The molecule has 0 radical (unpaired) electrons. The van der Waals surface area contributed by atoms with E-state index in [1.807, 2.05) is 0 Å². The van der Waals surface area contributed by atoms with Gasteiger partial charge in [0.1, 0.15) is 11.5 Å². The number of carbonyl (C=O) groups excluding carboxylic acids is 1. The normalized spacial score (nSPS) is 11.9. The number of nitrogens with zero attached hydrogens (tertiary/aromatic N) is 1. The monoisotopic (exact) mass is 241 g/mol. The van der Waals surface area contributed by atoms with Crippen molar-refractivity contribution >= 4 is 12.0 Å². The van der Waals surface area contributed by atoms with E-state index in [1.165, 1.54) is 6.92 Å². The van der Waals surface area contributed by atoms with Crippen LogP contribution in [0.1, 0.15) is 18.4 Å². The molecule has 1 unspecified atom stereocenters. The van der Waals surface area contributed by atoms with Crippen molar-refractivity contribution in [3.05, 3.63) is 17.5 Å². The Bertz CT molecular complexity index is 402. The Morgan fingerprint density at radius 1 is 1.53 bits per heavy atom. The largest absolute Gasteiger partial charge is 0.481 e. The SMILES string of the molecule is Cc1cc(CNC(=O)NCC(C)C(=O)O)no1. The van der Waals surface area contributed by atoms with E-state index in [0.29, 0.717) is 11.5 Å². The number of hydrogen-bond donors (Lipinski definition) is 3. The van der Waals surface area contributed by atoms with Gasteiger partial charge in [-0.25, -0.2) is 4.79 Å². The van der Waals surface area contributed by atoms with Gasteiger partial charge in [-0.1, -0.05) is 12.1 Å². The predicted molar refractivity (Wildman–Crippen MR) is 58.3 cm³/mol. The number of nitrogens with one attached hydrogen (secondary N) is 2. The lowest BCUT2D eigenvalue weighted by Crippen LogP contribution is -2.38. The molecule has 7 heteroatoms. The molecule has 3 N–H and O–H groups in total. The van der Waals surface area contributed by atoms with Crippen molar-refractivity contribution in [3.63, 3.8) is 0 Å². The first kappa shape index (κ1) is 13.0. The fraction of sp³-hybridized carbons (Fsp3) is 0.500. The van der Waals surface area contributed by atoms with Gasteiger partial charge >= 0.3 is 12.0 Å². The molecule has 1 aromatic rings. The van der Waals surface area contributed by atoms with Crippen LogP contribution in [0.25, 0.3) is 0 Å². The molecule has 17 heavy (non-hydrogen) atoms. The topological polar surface area (TPSA) is 104 Å². The van der Waals surface area contributed by atoms with E-state index in [-0.39, 0.29) is 13.1 Å². The summed E-state index contributed by atoms with van der Waals surface area (Å²) < 4.78 is 4.83. The minimum Gasteiger partial charge on any atom is -0.481 e. The number of carboxylic acid groups (broad SMARTS) is 1. The van der Waals surface area contributed by atoms with Crippen molar-refractivity contribution in [3.8, 4) is 0 Å². The second-order valence-corrected chi connectivity index (χ2v) is 3.73. The Morgan fingerprint density at radius 3 is 2.76 bits per heavy atom. The highest BCUT2D eigenvalue weighted by molar-refractivity contribution is 5.75. The van der Waals surface area contributed by atoms with Crippen LogP contribution in [0.2, 0.25) is 0 Å². The molecule has 0 aromatic carbocycles. The number of carboxylic acids is 1. The molecular weight excluding hydrogens is 226 g/mol. The van der Waals surface area contributed by atoms with E-state index in [1.54, 1.807) is 13.0 Å². The zero-order chi connectivity index (χ0) is 12.8. The maximum Gasteiger partial charge on any atom is 0.315 e. The molecule has 0 aliphatic heterocycles. The van der Waals surface area contributed by atoms with Crippen LogP contribution in [-0.4, -0.2) is 28.8 Å². The first-order valence-electron chi connectivity index (χ1n) is 5.15. The highest BCUT2D eigenvalue weighted by Crippen LogP contribution is 2.00. The third kappa shape index (κ3) is 4.54. The van der Waals surface area contributed by atoms with Crippen molar-refractivity contribution in [1.82, 2.24) is 15.8 Å². The lowest BCUT2D eigenvalue weighted by Gasteiger charge is -2.08. The first-order valence-corrected chi connectivity index (χ1v) is 5.15. The molecule has 0 aliphatic carbocycles. The number of rotatable bonds is 5. The minimum atomic E-state index is -0.947. The molecule has 1 atom stereocenters. The molecule has 0 saturated heterocycles. The van der Waals surface area contributed by atoms with Crippen LogP contribution in [-0.2, 0) is 11.3 Å². The van der Waals surface area contributed by atoms with Crippen LogP contribution in [0.3, 0.4) is 0 Å². The molecule has 0 bridgehead atoms. The average Bonchev–Trinajstić information content (AvgIpc) is 2.69. The van der Waals surface area contributed by atoms with E-state index in [9.17, 15) is 9.59 Å². The standard InChI is InChI=1S/C10H15N3O4/c1-6(9(14)15)4-11-10(16)12-5-8-3-7(2)17-13-8/h3,6H,4-5H2,1-2H3,(H,14,15)(H2,11,12,16). The first-order chi connectivity index (χ1) is 7.99. The molecule has 2 amide bonds. The zero-order valence-corrected chi connectivity index (χ0v) is 9.69. The summed E-state index contributed by atoms with van der Waals surface area (Å²) in [5.41, 5.74) is 0.615. The van der Waals surface area contributed by atoms with Gasteiger partial charge in [-0.15, -0.1) is 0 Å². The van der Waals surface area contributed by atoms with Gasteiger partial charge in [0.25, 0.3) is 0 Å². The summed E-state index contributed by atoms with van der Waals surface area (Å²) in [5.74, 6) is -0.894. The Morgan fingerprint density at radius 2 is 2.24 bits per heavy atom. The zero-order valence-electron chi connectivity index (χ0n) is 9.69. The quantitative estimate of drug-likeness (QED) is 0.696. The number of aliphatic carboxylic acids is 1. The van der Waals surface area contributed by atoms with Gasteiger partial charge in [-0.2, -0.15) is 0 Å². The van der Waals surface area contributed by atoms with E-state index in [0.717, 1.165) is 0 Å². The molecule has 0 spiro atoms. The summed E-state index contributed by atoms with van der Waals surface area (Å²) in [4.78, 5) is 21.8. The lowest BCUT2D eigenvalue weighted by molar-refractivity contribution is -0.140. The Labute approximate surface area is 98.2 Å². The van der Waals surface area contributed by atoms with Crippen molar-refractivity contribution < 1.29 is 19.2 Å². The minimum absolute atomic E-state index is 0.0824. The molecular formula is C10H15N3O4. The second-order valence-electron chi connectivity index (χ2n) is 3.73. The summed E-state index contributed by atoms with van der Waals surface area (Å²) in [6, 6.07) is 1.28. The van der Waals surface area contributed by atoms with Crippen molar-refractivity contribution in [1.29, 1.82) is 0 Å². The van der Waals surface area contributed by atoms with E-state index < -0.39 is 17.9 Å². The Hall–Kier alpha value is -2.05. The smallest absolute Gasteiger partial charge is 0.315 e. The third-order valence-corrected chi connectivity index (χ3v) is 2.10. The van der Waals surface area contributed by atoms with E-state index in [4.69, 9.17) is 9.63 Å². The highest BCUT2D eigenvalue weighted by atomic mass is 16.5. The molecule has 0 saturated carbocycles. The van der Waals surface area contributed by atoms with Gasteiger partial charge in [0, 0.05) is 12.6 Å². The summed E-state index contributed by atoms with van der Waals surface area (Å²) in [6.07, 6.45) is 0. The molecule has 0 aliphatic rings. The summed E-state index contributed by atoms with van der Waals surface area (Å²) in [6.45, 7) is 3.60. The van der Waals surface area contributed by atoms with Crippen molar-refractivity contribution in [2.24, 2.45) is 5.92 Å². The van der Waals surface area contributed by atoms with Crippen LogP contribution in [0, 0.1) is 12.8 Å². The fourth-order valence-corrected chi connectivity index (χ4v) is 1.07. The number of aryl methyl sites for hydroxylation is 1. The maximum atomic E-state index is 11.3. The van der Waals surface area contributed by atoms with Gasteiger partial charge in [0.2, 0.25) is 0 Å². The lowest BCUT2D eigenvalue weighted by atomic mass is 10.2. The molecule has 7 nitrogen and oxygen atoms in total. The number of amides is 2. The summed E-state index contributed by atoms with van der Waals surface area (Å²) in [5, 5.41) is 17.3. The summed E-state index contributed by atoms with van der Waals surface area (Å²) in [7, 11) is 0. The maximum absolute atomic E-state index is 11.3.